The number of rotatable bonds is 8. The molecule has 5 nitrogen and oxygen atoms in total. The summed E-state index contributed by atoms with van der Waals surface area (Å²) in [5.74, 6) is -0.660. The highest BCUT2D eigenvalue weighted by molar-refractivity contribution is 5.78. The Kier molecular flexibility index (Phi) is 6.67. The zero-order valence-corrected chi connectivity index (χ0v) is 11.2. The lowest BCUT2D eigenvalue weighted by atomic mass is 9.83. The molecule has 0 saturated carbocycles. The quantitative estimate of drug-likeness (QED) is 0.538. The zero-order valence-electron chi connectivity index (χ0n) is 11.2. The molecule has 0 amide bonds. The summed E-state index contributed by atoms with van der Waals surface area (Å²) in [5.41, 5.74) is -1.72. The van der Waals surface area contributed by atoms with Crippen molar-refractivity contribution in [2.75, 3.05) is 26.8 Å². The van der Waals surface area contributed by atoms with Gasteiger partial charge in [-0.05, 0) is 19.8 Å². The van der Waals surface area contributed by atoms with Crippen LogP contribution in [0.3, 0.4) is 0 Å². The van der Waals surface area contributed by atoms with E-state index in [9.17, 15) is 15.0 Å². The molecular formula is C12H25NO4. The highest BCUT2D eigenvalue weighted by Gasteiger charge is 2.32. The molecule has 0 aromatic heterocycles. The molecular weight excluding hydrogens is 222 g/mol. The van der Waals surface area contributed by atoms with E-state index >= 15 is 0 Å². The maximum absolute atomic E-state index is 11.2. The van der Waals surface area contributed by atoms with Crippen LogP contribution in [0.2, 0.25) is 0 Å². The molecule has 5 heteroatoms. The molecule has 0 aromatic rings. The van der Waals surface area contributed by atoms with Gasteiger partial charge in [-0.3, -0.25) is 0 Å². The van der Waals surface area contributed by atoms with Crippen LogP contribution in [0.4, 0.5) is 0 Å². The molecule has 0 heterocycles. The third-order valence-corrected chi connectivity index (χ3v) is 3.43. The molecule has 0 radical (unpaired) electrons. The van der Waals surface area contributed by atoms with Gasteiger partial charge in [0, 0.05) is 25.1 Å². The SMILES string of the molecule is CCC(CC)(CO)CNCC(C)(O)C(=O)OC. The Labute approximate surface area is 103 Å². The molecule has 0 spiro atoms. The van der Waals surface area contributed by atoms with Gasteiger partial charge < -0.3 is 20.3 Å². The number of hydrogen-bond donors (Lipinski definition) is 3. The normalized spacial score (nSPS) is 15.4. The molecule has 102 valence electrons. The smallest absolute Gasteiger partial charge is 0.338 e. The molecule has 0 aliphatic heterocycles. The molecule has 0 fully saturated rings. The summed E-state index contributed by atoms with van der Waals surface area (Å²) in [7, 11) is 1.24. The van der Waals surface area contributed by atoms with Gasteiger partial charge in [-0.15, -0.1) is 0 Å². The molecule has 0 bridgehead atoms. The van der Waals surface area contributed by atoms with Crippen molar-refractivity contribution in [3.8, 4) is 0 Å². The van der Waals surface area contributed by atoms with Crippen molar-refractivity contribution in [3.63, 3.8) is 0 Å². The number of carbonyl (C=O) groups excluding carboxylic acids is 1. The lowest BCUT2D eigenvalue weighted by Crippen LogP contribution is -2.48. The van der Waals surface area contributed by atoms with E-state index in [4.69, 9.17) is 0 Å². The van der Waals surface area contributed by atoms with E-state index in [0.29, 0.717) is 6.54 Å². The van der Waals surface area contributed by atoms with Crippen LogP contribution in [-0.4, -0.2) is 48.6 Å². The fourth-order valence-electron chi connectivity index (χ4n) is 1.64. The van der Waals surface area contributed by atoms with Crippen molar-refractivity contribution >= 4 is 5.97 Å². The predicted molar refractivity (Wildman–Crippen MR) is 65.6 cm³/mol. The summed E-state index contributed by atoms with van der Waals surface area (Å²) >= 11 is 0. The minimum Gasteiger partial charge on any atom is -0.467 e. The van der Waals surface area contributed by atoms with Gasteiger partial charge in [-0.25, -0.2) is 4.79 Å². The summed E-state index contributed by atoms with van der Waals surface area (Å²) < 4.78 is 4.50. The lowest BCUT2D eigenvalue weighted by molar-refractivity contribution is -0.160. The maximum Gasteiger partial charge on any atom is 0.338 e. The minimum absolute atomic E-state index is 0.0906. The zero-order chi connectivity index (χ0) is 13.5. The monoisotopic (exact) mass is 247 g/mol. The minimum atomic E-state index is -1.53. The van der Waals surface area contributed by atoms with Gasteiger partial charge in [0.05, 0.1) is 7.11 Å². The first-order valence-corrected chi connectivity index (χ1v) is 6.00. The van der Waals surface area contributed by atoms with Crippen LogP contribution in [0.15, 0.2) is 0 Å². The molecule has 0 saturated heterocycles. The molecule has 0 rings (SSSR count). The fraction of sp³-hybridized carbons (Fsp3) is 0.917. The van der Waals surface area contributed by atoms with Crippen molar-refractivity contribution < 1.29 is 19.7 Å². The Morgan fingerprint density at radius 3 is 2.18 bits per heavy atom. The van der Waals surface area contributed by atoms with Crippen molar-refractivity contribution in [2.45, 2.75) is 39.2 Å². The first-order valence-electron chi connectivity index (χ1n) is 6.00. The third-order valence-electron chi connectivity index (χ3n) is 3.43. The lowest BCUT2D eigenvalue weighted by Gasteiger charge is -2.31. The van der Waals surface area contributed by atoms with Gasteiger partial charge in [-0.1, -0.05) is 13.8 Å². The topological polar surface area (TPSA) is 78.8 Å². The Balaban J connectivity index is 4.26. The molecule has 3 N–H and O–H groups in total. The molecule has 1 unspecified atom stereocenters. The summed E-state index contributed by atoms with van der Waals surface area (Å²) in [6.07, 6.45) is 1.68. The average Bonchev–Trinajstić information content (AvgIpc) is 2.34. The van der Waals surface area contributed by atoms with Crippen molar-refractivity contribution in [2.24, 2.45) is 5.41 Å². The number of aliphatic hydroxyl groups is 2. The van der Waals surface area contributed by atoms with E-state index in [0.717, 1.165) is 12.8 Å². The Bertz CT molecular complexity index is 228. The number of ether oxygens (including phenoxy) is 1. The summed E-state index contributed by atoms with van der Waals surface area (Å²) in [5, 5.41) is 22.2. The van der Waals surface area contributed by atoms with Gasteiger partial charge in [0.25, 0.3) is 0 Å². The Morgan fingerprint density at radius 1 is 1.29 bits per heavy atom. The van der Waals surface area contributed by atoms with Crippen molar-refractivity contribution in [1.29, 1.82) is 0 Å². The molecule has 0 aromatic carbocycles. The van der Waals surface area contributed by atoms with Crippen LogP contribution >= 0.6 is 0 Å². The number of nitrogens with one attached hydrogen (secondary N) is 1. The van der Waals surface area contributed by atoms with Crippen LogP contribution in [0, 0.1) is 5.41 Å². The van der Waals surface area contributed by atoms with Crippen LogP contribution in [0.5, 0.6) is 0 Å². The van der Waals surface area contributed by atoms with Crippen molar-refractivity contribution in [3.05, 3.63) is 0 Å². The van der Waals surface area contributed by atoms with Gasteiger partial charge in [0.1, 0.15) is 0 Å². The first-order chi connectivity index (χ1) is 7.87. The van der Waals surface area contributed by atoms with E-state index in [1.165, 1.54) is 14.0 Å². The number of esters is 1. The van der Waals surface area contributed by atoms with E-state index in [1.54, 1.807) is 0 Å². The Morgan fingerprint density at radius 2 is 1.82 bits per heavy atom. The Hall–Kier alpha value is -0.650. The number of aliphatic hydroxyl groups excluding tert-OH is 1. The first kappa shape index (κ1) is 16.4. The maximum atomic E-state index is 11.2. The van der Waals surface area contributed by atoms with E-state index in [2.05, 4.69) is 10.1 Å². The highest BCUT2D eigenvalue weighted by atomic mass is 16.5. The average molecular weight is 247 g/mol. The largest absolute Gasteiger partial charge is 0.467 e. The van der Waals surface area contributed by atoms with Gasteiger partial charge in [0.15, 0.2) is 5.60 Å². The van der Waals surface area contributed by atoms with E-state index in [-0.39, 0.29) is 18.6 Å². The van der Waals surface area contributed by atoms with E-state index < -0.39 is 11.6 Å². The second-order valence-electron chi connectivity index (χ2n) is 4.73. The molecule has 1 atom stereocenters. The van der Waals surface area contributed by atoms with Gasteiger partial charge in [-0.2, -0.15) is 0 Å². The summed E-state index contributed by atoms with van der Waals surface area (Å²) in [6.45, 7) is 6.20. The van der Waals surface area contributed by atoms with Crippen LogP contribution in [0.25, 0.3) is 0 Å². The number of carbonyl (C=O) groups is 1. The van der Waals surface area contributed by atoms with Crippen LogP contribution < -0.4 is 5.32 Å². The highest BCUT2D eigenvalue weighted by Crippen LogP contribution is 2.24. The predicted octanol–water partition coefficient (Wildman–Crippen LogP) is 0.299. The van der Waals surface area contributed by atoms with Crippen LogP contribution in [-0.2, 0) is 9.53 Å². The molecule has 17 heavy (non-hydrogen) atoms. The van der Waals surface area contributed by atoms with Gasteiger partial charge >= 0.3 is 5.97 Å². The van der Waals surface area contributed by atoms with E-state index in [1.807, 2.05) is 13.8 Å². The van der Waals surface area contributed by atoms with Crippen LogP contribution in [0.1, 0.15) is 33.6 Å². The summed E-state index contributed by atoms with van der Waals surface area (Å²) in [4.78, 5) is 11.2. The fourth-order valence-corrected chi connectivity index (χ4v) is 1.64. The van der Waals surface area contributed by atoms with Gasteiger partial charge in [0.2, 0.25) is 0 Å². The molecule has 0 aliphatic carbocycles. The second kappa shape index (κ2) is 6.93. The summed E-state index contributed by atoms with van der Waals surface area (Å²) in [6, 6.07) is 0. The number of methoxy groups -OCH3 is 1. The second-order valence-corrected chi connectivity index (χ2v) is 4.73. The standard InChI is InChI=1S/C12H25NO4/c1-5-12(6-2,9-14)8-13-7-11(3,16)10(15)17-4/h13-14,16H,5-9H2,1-4H3. The van der Waals surface area contributed by atoms with Crippen molar-refractivity contribution in [1.82, 2.24) is 5.32 Å². The third kappa shape index (κ3) is 4.61. The number of hydrogen-bond acceptors (Lipinski definition) is 5. The molecule has 0 aliphatic rings.